The molecule has 1 N–H and O–H groups in total. The fourth-order valence-corrected chi connectivity index (χ4v) is 2.14. The maximum Gasteiger partial charge on any atom is 0.161 e. The molecular weight excluding hydrogens is 296 g/mol. The van der Waals surface area contributed by atoms with E-state index in [1.54, 1.807) is 64.8 Å². The van der Waals surface area contributed by atoms with Crippen LogP contribution >= 0.6 is 0 Å². The van der Waals surface area contributed by atoms with Crippen molar-refractivity contribution in [3.8, 4) is 23.0 Å². The summed E-state index contributed by atoms with van der Waals surface area (Å²) in [4.78, 5) is 0. The Morgan fingerprint density at radius 2 is 1.39 bits per heavy atom. The Bertz CT molecular complexity index is 684. The summed E-state index contributed by atoms with van der Waals surface area (Å²) in [5, 5.41) is 10.4. The second-order valence-corrected chi connectivity index (χ2v) is 4.75. The van der Waals surface area contributed by atoms with E-state index in [1.807, 2.05) is 6.07 Å². The van der Waals surface area contributed by atoms with Crippen LogP contribution in [0.25, 0.3) is 11.8 Å². The number of ether oxygens (including phenoxy) is 4. The lowest BCUT2D eigenvalue weighted by Gasteiger charge is -2.09. The Kier molecular flexibility index (Phi) is 5.36. The highest BCUT2D eigenvalue weighted by molar-refractivity contribution is 5.78. The first-order valence-corrected chi connectivity index (χ1v) is 6.97. The average molecular weight is 316 g/mol. The molecule has 0 radical (unpaired) electrons. The maximum absolute atomic E-state index is 10.4. The van der Waals surface area contributed by atoms with Gasteiger partial charge in [0.25, 0.3) is 0 Å². The normalized spacial score (nSPS) is 11.0. The SMILES string of the molecule is COc1cc(OC)cc(/C(O)=C/c2ccc(OC)c(OC)c2)c1. The molecule has 0 amide bonds. The van der Waals surface area contributed by atoms with E-state index in [4.69, 9.17) is 18.9 Å². The van der Waals surface area contributed by atoms with E-state index >= 15 is 0 Å². The van der Waals surface area contributed by atoms with E-state index in [-0.39, 0.29) is 5.76 Å². The zero-order chi connectivity index (χ0) is 16.8. The van der Waals surface area contributed by atoms with Gasteiger partial charge < -0.3 is 24.1 Å². The van der Waals surface area contributed by atoms with Crippen LogP contribution in [0.2, 0.25) is 0 Å². The van der Waals surface area contributed by atoms with E-state index in [2.05, 4.69) is 0 Å². The highest BCUT2D eigenvalue weighted by atomic mass is 16.5. The Balaban J connectivity index is 2.39. The third-order valence-electron chi connectivity index (χ3n) is 3.36. The maximum atomic E-state index is 10.4. The zero-order valence-electron chi connectivity index (χ0n) is 13.6. The first-order valence-electron chi connectivity index (χ1n) is 6.97. The summed E-state index contributed by atoms with van der Waals surface area (Å²) in [5.74, 6) is 2.53. The van der Waals surface area contributed by atoms with Crippen molar-refractivity contribution in [2.24, 2.45) is 0 Å². The number of hydrogen-bond donors (Lipinski definition) is 1. The van der Waals surface area contributed by atoms with Gasteiger partial charge in [0.2, 0.25) is 0 Å². The lowest BCUT2D eigenvalue weighted by atomic mass is 10.1. The van der Waals surface area contributed by atoms with Crippen molar-refractivity contribution >= 4 is 11.8 Å². The fraction of sp³-hybridized carbons (Fsp3) is 0.222. The molecule has 5 heteroatoms. The van der Waals surface area contributed by atoms with E-state index < -0.39 is 0 Å². The van der Waals surface area contributed by atoms with Crippen LogP contribution in [0.15, 0.2) is 36.4 Å². The molecule has 0 aromatic heterocycles. The quantitative estimate of drug-likeness (QED) is 0.649. The van der Waals surface area contributed by atoms with Crippen molar-refractivity contribution in [1.29, 1.82) is 0 Å². The first-order chi connectivity index (χ1) is 11.1. The van der Waals surface area contributed by atoms with E-state index in [1.165, 1.54) is 0 Å². The number of hydrogen-bond acceptors (Lipinski definition) is 5. The molecule has 2 aromatic carbocycles. The molecule has 0 unspecified atom stereocenters. The second-order valence-electron chi connectivity index (χ2n) is 4.75. The molecule has 0 heterocycles. The van der Waals surface area contributed by atoms with E-state index in [9.17, 15) is 5.11 Å². The summed E-state index contributed by atoms with van der Waals surface area (Å²) in [7, 11) is 6.27. The molecule has 0 aliphatic carbocycles. The molecule has 0 aliphatic rings. The molecule has 2 aromatic rings. The van der Waals surface area contributed by atoms with Crippen molar-refractivity contribution in [3.63, 3.8) is 0 Å². The summed E-state index contributed by atoms with van der Waals surface area (Å²) in [6.07, 6.45) is 1.64. The van der Waals surface area contributed by atoms with Crippen molar-refractivity contribution in [2.45, 2.75) is 0 Å². The Labute approximate surface area is 135 Å². The highest BCUT2D eigenvalue weighted by Crippen LogP contribution is 2.30. The summed E-state index contributed by atoms with van der Waals surface area (Å²) in [6.45, 7) is 0. The summed E-state index contributed by atoms with van der Waals surface area (Å²) < 4.78 is 20.9. The van der Waals surface area contributed by atoms with Crippen molar-refractivity contribution in [2.75, 3.05) is 28.4 Å². The third-order valence-corrected chi connectivity index (χ3v) is 3.36. The van der Waals surface area contributed by atoms with Gasteiger partial charge >= 0.3 is 0 Å². The molecule has 0 saturated heterocycles. The van der Waals surface area contributed by atoms with Crippen molar-refractivity contribution < 1.29 is 24.1 Å². The molecule has 122 valence electrons. The fourth-order valence-electron chi connectivity index (χ4n) is 2.14. The van der Waals surface area contributed by atoms with Crippen LogP contribution in [0.5, 0.6) is 23.0 Å². The van der Waals surface area contributed by atoms with Crippen LogP contribution in [-0.2, 0) is 0 Å². The number of aliphatic hydroxyl groups excluding tert-OH is 1. The number of methoxy groups -OCH3 is 4. The zero-order valence-corrected chi connectivity index (χ0v) is 13.6. The molecule has 0 aliphatic heterocycles. The summed E-state index contributed by atoms with van der Waals surface area (Å²) in [6, 6.07) is 10.6. The van der Waals surface area contributed by atoms with Gasteiger partial charge in [-0.05, 0) is 35.9 Å². The molecule has 0 atom stereocenters. The summed E-state index contributed by atoms with van der Waals surface area (Å²) >= 11 is 0. The van der Waals surface area contributed by atoms with Gasteiger partial charge in [0, 0.05) is 11.6 Å². The van der Waals surface area contributed by atoms with Crippen LogP contribution in [0.1, 0.15) is 11.1 Å². The lowest BCUT2D eigenvalue weighted by Crippen LogP contribution is -1.92. The minimum atomic E-state index is 0.0921. The molecule has 23 heavy (non-hydrogen) atoms. The standard InChI is InChI=1S/C18H20O5/c1-20-14-9-13(10-15(11-14)21-2)16(19)7-12-5-6-17(22-3)18(8-12)23-4/h5-11,19H,1-4H3/b16-7-. The van der Waals surface area contributed by atoms with E-state index in [0.29, 0.717) is 28.6 Å². The minimum absolute atomic E-state index is 0.0921. The van der Waals surface area contributed by atoms with Gasteiger partial charge in [0.05, 0.1) is 28.4 Å². The third kappa shape index (κ3) is 3.88. The minimum Gasteiger partial charge on any atom is -0.507 e. The van der Waals surface area contributed by atoms with Crippen LogP contribution in [0, 0.1) is 0 Å². The average Bonchev–Trinajstić information content (AvgIpc) is 2.60. The van der Waals surface area contributed by atoms with Crippen molar-refractivity contribution in [1.82, 2.24) is 0 Å². The van der Waals surface area contributed by atoms with Crippen LogP contribution < -0.4 is 18.9 Å². The molecule has 2 rings (SSSR count). The largest absolute Gasteiger partial charge is 0.507 e. The predicted octanol–water partition coefficient (Wildman–Crippen LogP) is 3.78. The molecule has 5 nitrogen and oxygen atoms in total. The molecule has 0 bridgehead atoms. The van der Waals surface area contributed by atoms with Crippen LogP contribution in [-0.4, -0.2) is 33.5 Å². The smallest absolute Gasteiger partial charge is 0.161 e. The molecule has 0 saturated carbocycles. The van der Waals surface area contributed by atoms with Gasteiger partial charge in [-0.3, -0.25) is 0 Å². The molecular formula is C18H20O5. The Hall–Kier alpha value is -2.82. The van der Waals surface area contributed by atoms with Gasteiger partial charge in [-0.2, -0.15) is 0 Å². The van der Waals surface area contributed by atoms with Gasteiger partial charge in [-0.15, -0.1) is 0 Å². The lowest BCUT2D eigenvalue weighted by molar-refractivity contribution is 0.355. The van der Waals surface area contributed by atoms with Gasteiger partial charge in [-0.1, -0.05) is 6.07 Å². The highest BCUT2D eigenvalue weighted by Gasteiger charge is 2.08. The predicted molar refractivity (Wildman–Crippen MR) is 89.6 cm³/mol. The Morgan fingerprint density at radius 3 is 1.91 bits per heavy atom. The number of rotatable bonds is 6. The molecule has 0 fully saturated rings. The number of benzene rings is 2. The van der Waals surface area contributed by atoms with E-state index in [0.717, 1.165) is 5.56 Å². The van der Waals surface area contributed by atoms with Gasteiger partial charge in [0.1, 0.15) is 17.3 Å². The molecule has 0 spiro atoms. The number of aliphatic hydroxyl groups is 1. The first kappa shape index (κ1) is 16.5. The topological polar surface area (TPSA) is 57.2 Å². The monoisotopic (exact) mass is 316 g/mol. The second kappa shape index (κ2) is 7.45. The van der Waals surface area contributed by atoms with Crippen LogP contribution in [0.4, 0.5) is 0 Å². The van der Waals surface area contributed by atoms with Gasteiger partial charge in [-0.25, -0.2) is 0 Å². The van der Waals surface area contributed by atoms with Gasteiger partial charge in [0.15, 0.2) is 11.5 Å². The summed E-state index contributed by atoms with van der Waals surface area (Å²) in [5.41, 5.74) is 1.37. The van der Waals surface area contributed by atoms with Crippen LogP contribution in [0.3, 0.4) is 0 Å². The Morgan fingerprint density at radius 1 is 0.783 bits per heavy atom. The van der Waals surface area contributed by atoms with Crippen molar-refractivity contribution in [3.05, 3.63) is 47.5 Å².